The average Bonchev–Trinajstić information content (AvgIpc) is 3.12. The monoisotopic (exact) mass is 525 g/mol. The molecule has 0 N–H and O–H groups in total. The molecule has 5 rings (SSSR count). The predicted molar refractivity (Wildman–Crippen MR) is 146 cm³/mol. The van der Waals surface area contributed by atoms with Crippen molar-refractivity contribution in [1.82, 2.24) is 0 Å². The summed E-state index contributed by atoms with van der Waals surface area (Å²) in [5.74, 6) is 1.63. The smallest absolute Gasteiger partial charge is 0.206 e. The molecule has 1 aliphatic carbocycles. The SMILES string of the molecule is CC1=C(c2ccccc2)OC(=Nc2c(C)cc(Br)cc2C)[C@]12CCC=C(C(=O)c1ccccc1)C2. The molecular weight excluding hydrogens is 498 g/mol. The highest BCUT2D eigenvalue weighted by Gasteiger charge is 2.49. The first kappa shape index (κ1) is 23.5. The van der Waals surface area contributed by atoms with E-state index in [0.29, 0.717) is 12.3 Å². The minimum atomic E-state index is -0.453. The zero-order valence-corrected chi connectivity index (χ0v) is 21.9. The molecule has 4 heteroatoms. The van der Waals surface area contributed by atoms with Gasteiger partial charge in [-0.15, -0.1) is 0 Å². The van der Waals surface area contributed by atoms with Crippen molar-refractivity contribution >= 4 is 39.1 Å². The van der Waals surface area contributed by atoms with Gasteiger partial charge in [-0.1, -0.05) is 82.7 Å². The third kappa shape index (κ3) is 4.32. The van der Waals surface area contributed by atoms with Gasteiger partial charge in [-0.3, -0.25) is 4.79 Å². The molecule has 0 radical (unpaired) electrons. The topological polar surface area (TPSA) is 38.7 Å². The summed E-state index contributed by atoms with van der Waals surface area (Å²) in [6.45, 7) is 6.28. The lowest BCUT2D eigenvalue weighted by molar-refractivity contribution is 0.102. The summed E-state index contributed by atoms with van der Waals surface area (Å²) in [5.41, 5.74) is 6.36. The fourth-order valence-electron chi connectivity index (χ4n) is 5.25. The minimum absolute atomic E-state index is 0.0842. The quantitative estimate of drug-likeness (QED) is 0.320. The van der Waals surface area contributed by atoms with Crippen LogP contribution in [0.25, 0.3) is 5.76 Å². The van der Waals surface area contributed by atoms with Crippen LogP contribution >= 0.6 is 15.9 Å². The number of rotatable bonds is 4. The molecule has 0 saturated carbocycles. The number of aliphatic imine (C=N–C) groups is 1. The van der Waals surface area contributed by atoms with Crippen LogP contribution < -0.4 is 0 Å². The fraction of sp³-hybridized carbons (Fsp3) is 0.226. The minimum Gasteiger partial charge on any atom is -0.441 e. The van der Waals surface area contributed by atoms with Gasteiger partial charge in [0.1, 0.15) is 5.76 Å². The number of nitrogens with zero attached hydrogens (tertiary/aromatic N) is 1. The fourth-order valence-corrected chi connectivity index (χ4v) is 5.94. The number of Topliss-reactive ketones (excluding diaryl/α,β-unsaturated/α-hetero) is 1. The highest BCUT2D eigenvalue weighted by molar-refractivity contribution is 9.10. The summed E-state index contributed by atoms with van der Waals surface area (Å²) in [5, 5.41) is 0. The molecule has 1 atom stereocenters. The van der Waals surface area contributed by atoms with Crippen molar-refractivity contribution in [2.75, 3.05) is 0 Å². The van der Waals surface area contributed by atoms with Gasteiger partial charge in [0.05, 0.1) is 11.1 Å². The number of hydrogen-bond acceptors (Lipinski definition) is 3. The lowest BCUT2D eigenvalue weighted by Crippen LogP contribution is -2.33. The molecule has 3 nitrogen and oxygen atoms in total. The number of carbonyl (C=O) groups is 1. The molecular formula is C31H28BrNO2. The molecule has 0 aromatic heterocycles. The number of ether oxygens (including phenoxy) is 1. The van der Waals surface area contributed by atoms with Gasteiger partial charge in [0, 0.05) is 15.6 Å². The molecule has 0 amide bonds. The van der Waals surface area contributed by atoms with Crippen molar-refractivity contribution in [3.8, 4) is 0 Å². The first-order valence-corrected chi connectivity index (χ1v) is 12.8. The van der Waals surface area contributed by atoms with E-state index in [1.807, 2.05) is 48.5 Å². The molecule has 0 unspecified atom stereocenters. The standard InChI is InChI=1S/C31H28BrNO2/c1-20-17-26(32)18-21(2)27(20)33-30-31(22(3)29(35-30)24-13-8-5-9-14-24)16-10-15-25(19-31)28(34)23-11-6-4-7-12-23/h4-9,11-15,17-18H,10,16,19H2,1-3H3/t31-/m0/s1. The van der Waals surface area contributed by atoms with E-state index in [0.717, 1.165) is 62.2 Å². The Kier molecular flexibility index (Phi) is 6.33. The lowest BCUT2D eigenvalue weighted by Gasteiger charge is -2.33. The Balaban J connectivity index is 1.63. The molecule has 0 fully saturated rings. The van der Waals surface area contributed by atoms with E-state index in [4.69, 9.17) is 9.73 Å². The maximum atomic E-state index is 13.4. The van der Waals surface area contributed by atoms with E-state index < -0.39 is 5.41 Å². The van der Waals surface area contributed by atoms with Crippen LogP contribution in [0.5, 0.6) is 0 Å². The third-order valence-electron chi connectivity index (χ3n) is 7.15. The van der Waals surface area contributed by atoms with E-state index in [9.17, 15) is 4.79 Å². The van der Waals surface area contributed by atoms with Crippen molar-refractivity contribution in [1.29, 1.82) is 0 Å². The number of aryl methyl sites for hydroxylation is 2. The van der Waals surface area contributed by atoms with Gasteiger partial charge >= 0.3 is 0 Å². The number of halogens is 1. The molecule has 0 bridgehead atoms. The maximum Gasteiger partial charge on any atom is 0.206 e. The summed E-state index contributed by atoms with van der Waals surface area (Å²) >= 11 is 3.59. The average molecular weight is 526 g/mol. The molecule has 1 heterocycles. The second-order valence-corrected chi connectivity index (χ2v) is 10.4. The zero-order chi connectivity index (χ0) is 24.6. The van der Waals surface area contributed by atoms with Gasteiger partial charge in [-0.25, -0.2) is 4.99 Å². The van der Waals surface area contributed by atoms with Crippen molar-refractivity contribution in [2.24, 2.45) is 10.4 Å². The van der Waals surface area contributed by atoms with Crippen molar-refractivity contribution in [2.45, 2.75) is 40.0 Å². The Bertz CT molecular complexity index is 1360. The van der Waals surface area contributed by atoms with Gasteiger partial charge in [-0.2, -0.15) is 0 Å². The largest absolute Gasteiger partial charge is 0.441 e. The van der Waals surface area contributed by atoms with Crippen LogP contribution in [0.2, 0.25) is 0 Å². The molecule has 1 spiro atoms. The molecule has 0 saturated heterocycles. The summed E-state index contributed by atoms with van der Waals surface area (Å²) < 4.78 is 7.65. The molecule has 1 aliphatic heterocycles. The van der Waals surface area contributed by atoms with Crippen LogP contribution in [-0.2, 0) is 4.74 Å². The Morgan fingerprint density at radius 3 is 2.23 bits per heavy atom. The van der Waals surface area contributed by atoms with Gasteiger partial charge in [-0.05, 0) is 74.4 Å². The van der Waals surface area contributed by atoms with Gasteiger partial charge in [0.15, 0.2) is 5.78 Å². The van der Waals surface area contributed by atoms with Crippen LogP contribution in [0, 0.1) is 19.3 Å². The highest BCUT2D eigenvalue weighted by atomic mass is 79.9. The number of allylic oxidation sites excluding steroid dienone is 2. The summed E-state index contributed by atoms with van der Waals surface area (Å²) in [7, 11) is 0. The second-order valence-electron chi connectivity index (χ2n) is 9.45. The maximum absolute atomic E-state index is 13.4. The number of ketones is 1. The normalized spacial score (nSPS) is 20.8. The van der Waals surface area contributed by atoms with Gasteiger partial charge in [0.2, 0.25) is 5.90 Å². The summed E-state index contributed by atoms with van der Waals surface area (Å²) in [6, 6.07) is 23.9. The van der Waals surface area contributed by atoms with Gasteiger partial charge in [0.25, 0.3) is 0 Å². The number of carbonyl (C=O) groups excluding carboxylic acids is 1. The van der Waals surface area contributed by atoms with E-state index in [1.54, 1.807) is 0 Å². The molecule has 3 aromatic carbocycles. The highest BCUT2D eigenvalue weighted by Crippen LogP contribution is 2.53. The molecule has 3 aromatic rings. The van der Waals surface area contributed by atoms with Crippen molar-refractivity contribution in [3.63, 3.8) is 0 Å². The van der Waals surface area contributed by atoms with E-state index >= 15 is 0 Å². The first-order chi connectivity index (χ1) is 16.9. The van der Waals surface area contributed by atoms with E-state index in [2.05, 4.69) is 67.0 Å². The van der Waals surface area contributed by atoms with Crippen LogP contribution in [0.4, 0.5) is 5.69 Å². The Morgan fingerprint density at radius 2 is 1.57 bits per heavy atom. The zero-order valence-electron chi connectivity index (χ0n) is 20.3. The predicted octanol–water partition coefficient (Wildman–Crippen LogP) is 8.54. The number of hydrogen-bond donors (Lipinski definition) is 0. The van der Waals surface area contributed by atoms with Crippen LogP contribution in [0.15, 0.2) is 99.5 Å². The second kappa shape index (κ2) is 9.43. The summed E-state index contributed by atoms with van der Waals surface area (Å²) in [4.78, 5) is 18.6. The van der Waals surface area contributed by atoms with Gasteiger partial charge < -0.3 is 4.74 Å². The lowest BCUT2D eigenvalue weighted by atomic mass is 9.68. The van der Waals surface area contributed by atoms with E-state index in [1.165, 1.54) is 0 Å². The van der Waals surface area contributed by atoms with E-state index in [-0.39, 0.29) is 5.78 Å². The molecule has 176 valence electrons. The summed E-state index contributed by atoms with van der Waals surface area (Å²) in [6.07, 6.45) is 4.33. The number of benzene rings is 3. The molecule has 2 aliphatic rings. The van der Waals surface area contributed by atoms with Crippen LogP contribution in [0.1, 0.15) is 53.2 Å². The Hall–Kier alpha value is -3.24. The van der Waals surface area contributed by atoms with Crippen molar-refractivity contribution in [3.05, 3.63) is 117 Å². The third-order valence-corrected chi connectivity index (χ3v) is 7.61. The van der Waals surface area contributed by atoms with Crippen LogP contribution in [0.3, 0.4) is 0 Å². The molecule has 35 heavy (non-hydrogen) atoms. The van der Waals surface area contributed by atoms with Crippen LogP contribution in [-0.4, -0.2) is 11.7 Å². The Labute approximate surface area is 215 Å². The Morgan fingerprint density at radius 1 is 0.943 bits per heavy atom. The van der Waals surface area contributed by atoms with Crippen molar-refractivity contribution < 1.29 is 9.53 Å². The first-order valence-electron chi connectivity index (χ1n) is 12.0.